The van der Waals surface area contributed by atoms with Crippen LogP contribution in [0, 0.1) is 0 Å². The number of carbonyl (C=O) groups is 1. The van der Waals surface area contributed by atoms with Crippen LogP contribution in [0.15, 0.2) is 40.1 Å². The second kappa shape index (κ2) is 4.51. The van der Waals surface area contributed by atoms with Gasteiger partial charge in [-0.05, 0) is 36.1 Å². The summed E-state index contributed by atoms with van der Waals surface area (Å²) in [7, 11) is 0. The monoisotopic (exact) mass is 273 g/mol. The highest BCUT2D eigenvalue weighted by Gasteiger charge is 2.16. The Balaban J connectivity index is 2.07. The number of aliphatic carboxylic acids is 1. The number of hydrogen-bond donors (Lipinski definition) is 1. The van der Waals surface area contributed by atoms with Gasteiger partial charge in [0.2, 0.25) is 5.89 Å². The highest BCUT2D eigenvalue weighted by Crippen LogP contribution is 2.29. The molecule has 3 aromatic rings. The topological polar surface area (TPSA) is 63.3 Å². The second-order valence-electron chi connectivity index (χ2n) is 4.28. The van der Waals surface area contributed by atoms with Gasteiger partial charge in [0, 0.05) is 0 Å². The standard InChI is InChI=1S/C14H11NO3S/c1-8(14(16)17)9-4-5-11-10(7-9)15-13(18-11)12-3-2-6-19-12/h2-8H,1H3,(H,16,17)/t8-/m0/s1. The van der Waals surface area contributed by atoms with Gasteiger partial charge in [-0.15, -0.1) is 11.3 Å². The Hall–Kier alpha value is -2.14. The van der Waals surface area contributed by atoms with E-state index in [1.807, 2.05) is 17.5 Å². The third-order valence-electron chi connectivity index (χ3n) is 3.01. The Kier molecular flexibility index (Phi) is 2.83. The lowest BCUT2D eigenvalue weighted by atomic mass is 10.0. The maximum Gasteiger partial charge on any atom is 0.310 e. The molecule has 0 amide bonds. The van der Waals surface area contributed by atoms with Crippen molar-refractivity contribution in [2.45, 2.75) is 12.8 Å². The van der Waals surface area contributed by atoms with E-state index in [2.05, 4.69) is 4.98 Å². The van der Waals surface area contributed by atoms with Crippen molar-refractivity contribution in [3.63, 3.8) is 0 Å². The van der Waals surface area contributed by atoms with Crippen molar-refractivity contribution in [3.05, 3.63) is 41.3 Å². The highest BCUT2D eigenvalue weighted by molar-refractivity contribution is 7.13. The minimum Gasteiger partial charge on any atom is -0.481 e. The predicted molar refractivity (Wildman–Crippen MR) is 73.4 cm³/mol. The minimum absolute atomic E-state index is 0.550. The van der Waals surface area contributed by atoms with E-state index in [0.717, 1.165) is 10.4 Å². The lowest BCUT2D eigenvalue weighted by molar-refractivity contribution is -0.138. The zero-order valence-electron chi connectivity index (χ0n) is 10.2. The van der Waals surface area contributed by atoms with E-state index in [-0.39, 0.29) is 0 Å². The largest absolute Gasteiger partial charge is 0.481 e. The summed E-state index contributed by atoms with van der Waals surface area (Å²) in [5.74, 6) is -0.822. The van der Waals surface area contributed by atoms with Crippen LogP contribution in [0.5, 0.6) is 0 Å². The minimum atomic E-state index is -0.846. The molecule has 0 unspecified atom stereocenters. The summed E-state index contributed by atoms with van der Waals surface area (Å²) >= 11 is 1.56. The number of nitrogens with zero attached hydrogens (tertiary/aromatic N) is 1. The number of thiophene rings is 1. The zero-order chi connectivity index (χ0) is 13.4. The van der Waals surface area contributed by atoms with E-state index in [1.54, 1.807) is 36.5 Å². The van der Waals surface area contributed by atoms with E-state index in [9.17, 15) is 4.79 Å². The summed E-state index contributed by atoms with van der Waals surface area (Å²) in [6.45, 7) is 1.66. The summed E-state index contributed by atoms with van der Waals surface area (Å²) in [6.07, 6.45) is 0. The van der Waals surface area contributed by atoms with Crippen LogP contribution in [0.2, 0.25) is 0 Å². The molecule has 1 N–H and O–H groups in total. The SMILES string of the molecule is C[C@H](C(=O)O)c1ccc2oc(-c3cccs3)nc2c1. The zero-order valence-corrected chi connectivity index (χ0v) is 11.0. The molecule has 4 nitrogen and oxygen atoms in total. The van der Waals surface area contributed by atoms with Crippen molar-refractivity contribution in [3.8, 4) is 10.8 Å². The lowest BCUT2D eigenvalue weighted by Gasteiger charge is -2.04. The number of hydrogen-bond acceptors (Lipinski definition) is 4. The van der Waals surface area contributed by atoms with Crippen molar-refractivity contribution in [2.75, 3.05) is 0 Å². The van der Waals surface area contributed by atoms with Crippen molar-refractivity contribution < 1.29 is 14.3 Å². The van der Waals surface area contributed by atoms with Gasteiger partial charge >= 0.3 is 5.97 Å². The number of rotatable bonds is 3. The van der Waals surface area contributed by atoms with E-state index in [0.29, 0.717) is 17.0 Å². The Morgan fingerprint density at radius 3 is 2.95 bits per heavy atom. The molecular formula is C14H11NO3S. The van der Waals surface area contributed by atoms with Crippen LogP contribution in [-0.2, 0) is 4.79 Å². The Morgan fingerprint density at radius 1 is 1.42 bits per heavy atom. The smallest absolute Gasteiger partial charge is 0.310 e. The molecule has 0 saturated heterocycles. The molecule has 0 saturated carbocycles. The first kappa shape index (κ1) is 11.9. The van der Waals surface area contributed by atoms with Crippen LogP contribution in [-0.4, -0.2) is 16.1 Å². The fourth-order valence-corrected chi connectivity index (χ4v) is 2.51. The lowest BCUT2D eigenvalue weighted by Crippen LogP contribution is -2.06. The van der Waals surface area contributed by atoms with Gasteiger partial charge in [0.1, 0.15) is 5.52 Å². The molecule has 2 heterocycles. The number of oxazole rings is 1. The molecule has 0 aliphatic carbocycles. The maximum absolute atomic E-state index is 11.0. The molecule has 1 atom stereocenters. The first-order valence-electron chi connectivity index (χ1n) is 5.82. The van der Waals surface area contributed by atoms with E-state index in [4.69, 9.17) is 9.52 Å². The van der Waals surface area contributed by atoms with Crippen molar-refractivity contribution in [2.24, 2.45) is 0 Å². The van der Waals surface area contributed by atoms with Crippen LogP contribution in [0.1, 0.15) is 18.4 Å². The Labute approximate surface area is 113 Å². The number of fused-ring (bicyclic) bond motifs is 1. The maximum atomic E-state index is 11.0. The third kappa shape index (κ3) is 2.13. The van der Waals surface area contributed by atoms with Crippen LogP contribution < -0.4 is 0 Å². The molecule has 0 aliphatic heterocycles. The molecule has 5 heteroatoms. The van der Waals surface area contributed by atoms with Crippen LogP contribution >= 0.6 is 11.3 Å². The number of aromatic nitrogens is 1. The van der Waals surface area contributed by atoms with Gasteiger partial charge in [-0.3, -0.25) is 4.79 Å². The fourth-order valence-electron chi connectivity index (χ4n) is 1.86. The molecule has 1 aromatic carbocycles. The van der Waals surface area contributed by atoms with Crippen LogP contribution in [0.25, 0.3) is 21.9 Å². The summed E-state index contributed by atoms with van der Waals surface area (Å²) in [5, 5.41) is 11.0. The van der Waals surface area contributed by atoms with Crippen molar-refractivity contribution in [1.82, 2.24) is 4.98 Å². The molecule has 0 bridgehead atoms. The molecular weight excluding hydrogens is 262 g/mol. The van der Waals surface area contributed by atoms with E-state index < -0.39 is 11.9 Å². The third-order valence-corrected chi connectivity index (χ3v) is 3.87. The molecule has 19 heavy (non-hydrogen) atoms. The predicted octanol–water partition coefficient (Wildman–Crippen LogP) is 3.74. The second-order valence-corrected chi connectivity index (χ2v) is 5.23. The molecule has 3 rings (SSSR count). The summed E-state index contributed by atoms with van der Waals surface area (Å²) in [6, 6.07) is 9.19. The van der Waals surface area contributed by atoms with Crippen molar-refractivity contribution in [1.29, 1.82) is 0 Å². The van der Waals surface area contributed by atoms with Gasteiger partial charge in [0.25, 0.3) is 0 Å². The Bertz CT molecular complexity index is 730. The molecule has 0 aliphatic rings. The normalized spacial score (nSPS) is 12.7. The van der Waals surface area contributed by atoms with Gasteiger partial charge in [0.05, 0.1) is 10.8 Å². The number of benzene rings is 1. The highest BCUT2D eigenvalue weighted by atomic mass is 32.1. The van der Waals surface area contributed by atoms with Crippen molar-refractivity contribution >= 4 is 28.4 Å². The fraction of sp³-hybridized carbons (Fsp3) is 0.143. The summed E-state index contributed by atoms with van der Waals surface area (Å²) in [4.78, 5) is 16.4. The van der Waals surface area contributed by atoms with E-state index in [1.165, 1.54) is 0 Å². The van der Waals surface area contributed by atoms with Gasteiger partial charge in [-0.1, -0.05) is 12.1 Å². The molecule has 0 radical (unpaired) electrons. The number of carboxylic acid groups (broad SMARTS) is 1. The average molecular weight is 273 g/mol. The molecule has 0 spiro atoms. The van der Waals surface area contributed by atoms with Gasteiger partial charge < -0.3 is 9.52 Å². The molecule has 96 valence electrons. The van der Waals surface area contributed by atoms with Crippen LogP contribution in [0.4, 0.5) is 0 Å². The van der Waals surface area contributed by atoms with Gasteiger partial charge in [-0.2, -0.15) is 0 Å². The molecule has 0 fully saturated rings. The Morgan fingerprint density at radius 2 is 2.26 bits per heavy atom. The first-order chi connectivity index (χ1) is 9.15. The number of carboxylic acids is 1. The van der Waals surface area contributed by atoms with Gasteiger partial charge in [-0.25, -0.2) is 4.98 Å². The van der Waals surface area contributed by atoms with E-state index >= 15 is 0 Å². The molecule has 2 aromatic heterocycles. The quantitative estimate of drug-likeness (QED) is 0.789. The van der Waals surface area contributed by atoms with Gasteiger partial charge in [0.15, 0.2) is 5.58 Å². The first-order valence-corrected chi connectivity index (χ1v) is 6.70. The summed E-state index contributed by atoms with van der Waals surface area (Å²) < 4.78 is 5.66. The summed E-state index contributed by atoms with van der Waals surface area (Å²) in [5.41, 5.74) is 2.09. The van der Waals surface area contributed by atoms with Crippen LogP contribution in [0.3, 0.4) is 0 Å². The average Bonchev–Trinajstić information content (AvgIpc) is 3.05.